The predicted octanol–water partition coefficient (Wildman–Crippen LogP) is -3.59. The van der Waals surface area contributed by atoms with Crippen LogP contribution in [0.4, 0.5) is 0 Å². The van der Waals surface area contributed by atoms with Gasteiger partial charge in [0.2, 0.25) is 17.7 Å². The number of aromatic amines is 2. The third-order valence-corrected chi connectivity index (χ3v) is 4.18. The number of aliphatic hydroxyl groups is 1. The number of nitrogens with zero attached hydrogens (tertiary/aromatic N) is 2. The van der Waals surface area contributed by atoms with Crippen LogP contribution in [-0.2, 0) is 32.0 Å². The van der Waals surface area contributed by atoms with Crippen molar-refractivity contribution in [1.29, 1.82) is 0 Å². The topological polar surface area (TPSA) is 228 Å². The van der Waals surface area contributed by atoms with Crippen LogP contribution in [0.5, 0.6) is 0 Å². The highest BCUT2D eigenvalue weighted by molar-refractivity contribution is 5.92. The van der Waals surface area contributed by atoms with Gasteiger partial charge in [0.05, 0.1) is 31.8 Å². The maximum absolute atomic E-state index is 12.5. The van der Waals surface area contributed by atoms with Gasteiger partial charge in [-0.05, 0) is 0 Å². The van der Waals surface area contributed by atoms with Gasteiger partial charge in [0.1, 0.15) is 12.1 Å². The Hall–Kier alpha value is -3.78. The lowest BCUT2D eigenvalue weighted by molar-refractivity contribution is -0.143. The first-order valence-corrected chi connectivity index (χ1v) is 9.21. The zero-order valence-corrected chi connectivity index (χ0v) is 16.4. The first kappa shape index (κ1) is 23.5. The number of aliphatic hydroxyl groups excluding tert-OH is 1. The van der Waals surface area contributed by atoms with Gasteiger partial charge in [0, 0.05) is 36.6 Å². The van der Waals surface area contributed by atoms with Crippen LogP contribution in [-0.4, -0.2) is 85.1 Å². The summed E-state index contributed by atoms with van der Waals surface area (Å²) < 4.78 is 0. The molecule has 3 amide bonds. The van der Waals surface area contributed by atoms with Crippen molar-refractivity contribution >= 4 is 23.7 Å². The van der Waals surface area contributed by atoms with Crippen molar-refractivity contribution in [2.45, 2.75) is 31.0 Å². The van der Waals surface area contributed by atoms with E-state index in [9.17, 15) is 19.2 Å². The van der Waals surface area contributed by atoms with Crippen molar-refractivity contribution in [2.24, 2.45) is 5.73 Å². The minimum atomic E-state index is -1.53. The molecule has 0 aliphatic rings. The Bertz CT molecular complexity index is 869. The Balaban J connectivity index is 1.92. The molecule has 0 saturated heterocycles. The number of aromatic nitrogens is 4. The number of hydrogen-bond donors (Lipinski definition) is 8. The zero-order valence-electron chi connectivity index (χ0n) is 16.4. The molecule has 0 saturated carbocycles. The van der Waals surface area contributed by atoms with Crippen LogP contribution in [0.2, 0.25) is 0 Å². The lowest BCUT2D eigenvalue weighted by Gasteiger charge is -2.20. The molecule has 0 spiro atoms. The minimum Gasteiger partial charge on any atom is -0.480 e. The number of amides is 3. The Morgan fingerprint density at radius 2 is 1.58 bits per heavy atom. The summed E-state index contributed by atoms with van der Waals surface area (Å²) in [6.07, 6.45) is 5.95. The smallest absolute Gasteiger partial charge is 0.328 e. The molecule has 0 radical (unpaired) electrons. The van der Waals surface area contributed by atoms with Gasteiger partial charge in [-0.15, -0.1) is 0 Å². The first-order chi connectivity index (χ1) is 14.8. The van der Waals surface area contributed by atoms with Gasteiger partial charge in [-0.3, -0.25) is 14.4 Å². The molecule has 0 aliphatic heterocycles. The summed E-state index contributed by atoms with van der Waals surface area (Å²) in [4.78, 5) is 61.0. The largest absolute Gasteiger partial charge is 0.480 e. The molecule has 2 rings (SSSR count). The Morgan fingerprint density at radius 1 is 0.968 bits per heavy atom. The lowest BCUT2D eigenvalue weighted by atomic mass is 10.1. The Labute approximate surface area is 176 Å². The second-order valence-corrected chi connectivity index (χ2v) is 6.59. The highest BCUT2D eigenvalue weighted by atomic mass is 16.4. The van der Waals surface area contributed by atoms with E-state index in [0.717, 1.165) is 0 Å². The van der Waals surface area contributed by atoms with E-state index in [-0.39, 0.29) is 12.8 Å². The average molecular weight is 436 g/mol. The molecule has 168 valence electrons. The molecule has 3 atom stereocenters. The summed E-state index contributed by atoms with van der Waals surface area (Å²) in [5.41, 5.74) is 6.94. The molecule has 2 aromatic heterocycles. The number of H-pyrrole nitrogens is 2. The third kappa shape index (κ3) is 7.52. The van der Waals surface area contributed by atoms with Crippen molar-refractivity contribution in [2.75, 3.05) is 13.2 Å². The van der Waals surface area contributed by atoms with Gasteiger partial charge in [0.25, 0.3) is 0 Å². The number of nitrogens with one attached hydrogen (secondary N) is 5. The number of nitrogens with two attached hydrogens (primary N) is 1. The zero-order chi connectivity index (χ0) is 22.8. The van der Waals surface area contributed by atoms with Crippen LogP contribution in [0.3, 0.4) is 0 Å². The van der Waals surface area contributed by atoms with Gasteiger partial charge < -0.3 is 41.9 Å². The minimum absolute atomic E-state index is 0.0252. The molecular weight excluding hydrogens is 412 g/mol. The number of carbonyl (C=O) groups excluding carboxylic acids is 3. The Kier molecular flexibility index (Phi) is 8.65. The fourth-order valence-electron chi connectivity index (χ4n) is 2.55. The van der Waals surface area contributed by atoms with Crippen molar-refractivity contribution in [3.05, 3.63) is 36.4 Å². The van der Waals surface area contributed by atoms with E-state index in [1.54, 1.807) is 0 Å². The molecule has 9 N–H and O–H groups in total. The molecular formula is C17H24N8O6. The molecule has 14 heteroatoms. The quantitative estimate of drug-likeness (QED) is 0.164. The summed E-state index contributed by atoms with van der Waals surface area (Å²) in [7, 11) is 0. The number of imidazole rings is 2. The maximum Gasteiger partial charge on any atom is 0.328 e. The number of carbonyl (C=O) groups is 4. The van der Waals surface area contributed by atoms with Gasteiger partial charge in [-0.2, -0.15) is 0 Å². The highest BCUT2D eigenvalue weighted by Crippen LogP contribution is 2.00. The predicted molar refractivity (Wildman–Crippen MR) is 104 cm³/mol. The molecule has 0 aromatic carbocycles. The van der Waals surface area contributed by atoms with E-state index in [1.165, 1.54) is 25.0 Å². The normalized spacial score (nSPS) is 13.6. The summed E-state index contributed by atoms with van der Waals surface area (Å²) >= 11 is 0. The summed E-state index contributed by atoms with van der Waals surface area (Å²) in [6, 6.07) is -3.64. The van der Waals surface area contributed by atoms with Gasteiger partial charge >= 0.3 is 5.97 Å². The highest BCUT2D eigenvalue weighted by Gasteiger charge is 2.27. The van der Waals surface area contributed by atoms with Crippen LogP contribution in [0, 0.1) is 0 Å². The van der Waals surface area contributed by atoms with Crippen LogP contribution < -0.4 is 21.7 Å². The molecule has 31 heavy (non-hydrogen) atoms. The number of aliphatic carboxylic acids is 1. The first-order valence-electron chi connectivity index (χ1n) is 9.21. The second-order valence-electron chi connectivity index (χ2n) is 6.59. The lowest BCUT2D eigenvalue weighted by Crippen LogP contribution is -2.55. The van der Waals surface area contributed by atoms with Crippen LogP contribution in [0.25, 0.3) is 0 Å². The van der Waals surface area contributed by atoms with Crippen LogP contribution in [0.1, 0.15) is 11.4 Å². The molecule has 14 nitrogen and oxygen atoms in total. The van der Waals surface area contributed by atoms with Crippen LogP contribution in [0.15, 0.2) is 25.0 Å². The van der Waals surface area contributed by atoms with E-state index >= 15 is 0 Å². The van der Waals surface area contributed by atoms with E-state index in [0.29, 0.717) is 11.4 Å². The van der Waals surface area contributed by atoms with E-state index in [4.69, 9.17) is 15.9 Å². The number of carboxylic acids is 1. The van der Waals surface area contributed by atoms with E-state index < -0.39 is 55.0 Å². The van der Waals surface area contributed by atoms with Gasteiger partial charge in [-0.1, -0.05) is 0 Å². The molecule has 0 bridgehead atoms. The SMILES string of the molecule is NC(Cc1cnc[nH]1)C(=O)NCC(=O)NC(Cc1cnc[nH]1)C(=O)NC(CO)C(=O)O. The third-order valence-electron chi connectivity index (χ3n) is 4.18. The molecule has 3 unspecified atom stereocenters. The molecule has 2 heterocycles. The van der Waals surface area contributed by atoms with Crippen molar-refractivity contribution in [3.8, 4) is 0 Å². The summed E-state index contributed by atoms with van der Waals surface area (Å²) in [5, 5.41) is 25.0. The fraction of sp³-hybridized carbons (Fsp3) is 0.412. The average Bonchev–Trinajstić information content (AvgIpc) is 3.43. The Morgan fingerprint density at radius 3 is 2.10 bits per heavy atom. The van der Waals surface area contributed by atoms with Crippen molar-refractivity contribution in [3.63, 3.8) is 0 Å². The van der Waals surface area contributed by atoms with Crippen LogP contribution >= 0.6 is 0 Å². The van der Waals surface area contributed by atoms with Crippen molar-refractivity contribution < 1.29 is 29.4 Å². The fourth-order valence-corrected chi connectivity index (χ4v) is 2.55. The monoisotopic (exact) mass is 436 g/mol. The maximum atomic E-state index is 12.5. The molecule has 2 aromatic rings. The standard InChI is InChI=1S/C17H24N8O6/c18-11(1-9-3-19-7-22-9)15(28)21-5-14(27)24-12(2-10-4-20-8-23-10)16(29)25-13(6-26)17(30)31/h3-4,7-8,11-13,26H,1-2,5-6,18H2,(H,19,22)(H,20,23)(H,21,28)(H,24,27)(H,25,29)(H,30,31). The van der Waals surface area contributed by atoms with E-state index in [2.05, 4.69) is 35.9 Å². The number of carboxylic acid groups (broad SMARTS) is 1. The molecule has 0 aliphatic carbocycles. The number of rotatable bonds is 12. The number of hydrogen-bond acceptors (Lipinski definition) is 8. The second kappa shape index (κ2) is 11.4. The van der Waals surface area contributed by atoms with E-state index in [1.807, 2.05) is 0 Å². The summed E-state index contributed by atoms with van der Waals surface area (Å²) in [5.74, 6) is -3.53. The van der Waals surface area contributed by atoms with Crippen molar-refractivity contribution in [1.82, 2.24) is 35.9 Å². The summed E-state index contributed by atoms with van der Waals surface area (Å²) in [6.45, 7) is -1.28. The molecule has 0 fully saturated rings. The van der Waals surface area contributed by atoms with Gasteiger partial charge in [0.15, 0.2) is 0 Å². The van der Waals surface area contributed by atoms with Gasteiger partial charge in [-0.25, -0.2) is 14.8 Å².